The van der Waals surface area contributed by atoms with Crippen molar-refractivity contribution in [3.63, 3.8) is 0 Å². The van der Waals surface area contributed by atoms with Crippen molar-refractivity contribution >= 4 is 0 Å². The van der Waals surface area contributed by atoms with E-state index in [1.54, 1.807) is 7.11 Å². The summed E-state index contributed by atoms with van der Waals surface area (Å²) in [4.78, 5) is 2.20. The van der Waals surface area contributed by atoms with Gasteiger partial charge in [0, 0.05) is 25.7 Å². The van der Waals surface area contributed by atoms with Gasteiger partial charge in [-0.25, -0.2) is 0 Å². The molecule has 68 valence electrons. The smallest absolute Gasteiger partial charge is 0.0615 e. The van der Waals surface area contributed by atoms with E-state index in [-0.39, 0.29) is 6.04 Å². The number of likely N-dealkylation sites (N-methyl/N-ethyl adjacent to an activating group) is 1. The lowest BCUT2D eigenvalue weighted by atomic mass is 10.2. The summed E-state index contributed by atoms with van der Waals surface area (Å²) in [5.74, 6) is 0. The van der Waals surface area contributed by atoms with Crippen molar-refractivity contribution in [2.75, 3.05) is 27.3 Å². The zero-order valence-corrected chi connectivity index (χ0v) is 8.00. The molecule has 2 N–H and O–H groups in total. The van der Waals surface area contributed by atoms with Gasteiger partial charge < -0.3 is 10.5 Å². The molecular weight excluding hydrogens is 140 g/mol. The highest BCUT2D eigenvalue weighted by Crippen LogP contribution is 1.95. The molecule has 3 nitrogen and oxygen atoms in total. The standard InChI is InChI=1S/C8H20N2O/c1-7(9)5-10(3)8(2)6-11-4/h7-8H,5-6,9H2,1-4H3. The normalized spacial score (nSPS) is 16.9. The van der Waals surface area contributed by atoms with Gasteiger partial charge in [0.15, 0.2) is 0 Å². The molecule has 0 spiro atoms. The summed E-state index contributed by atoms with van der Waals surface area (Å²) in [5, 5.41) is 0. The maximum absolute atomic E-state index is 5.64. The summed E-state index contributed by atoms with van der Waals surface area (Å²) in [5.41, 5.74) is 5.64. The van der Waals surface area contributed by atoms with Crippen LogP contribution in [-0.4, -0.2) is 44.3 Å². The number of rotatable bonds is 5. The molecule has 2 unspecified atom stereocenters. The predicted molar refractivity (Wildman–Crippen MR) is 47.6 cm³/mol. The number of ether oxygens (including phenoxy) is 1. The van der Waals surface area contributed by atoms with Crippen LogP contribution in [-0.2, 0) is 4.74 Å². The average molecular weight is 160 g/mol. The Morgan fingerprint density at radius 1 is 1.45 bits per heavy atom. The number of hydrogen-bond acceptors (Lipinski definition) is 3. The van der Waals surface area contributed by atoms with Crippen molar-refractivity contribution in [3.8, 4) is 0 Å². The van der Waals surface area contributed by atoms with Crippen molar-refractivity contribution in [3.05, 3.63) is 0 Å². The van der Waals surface area contributed by atoms with Crippen molar-refractivity contribution < 1.29 is 4.74 Å². The van der Waals surface area contributed by atoms with Gasteiger partial charge in [-0.15, -0.1) is 0 Å². The summed E-state index contributed by atoms with van der Waals surface area (Å²) in [7, 11) is 3.78. The molecule has 0 saturated carbocycles. The number of nitrogens with zero attached hydrogens (tertiary/aromatic N) is 1. The Hall–Kier alpha value is -0.120. The zero-order chi connectivity index (χ0) is 8.85. The van der Waals surface area contributed by atoms with Crippen LogP contribution >= 0.6 is 0 Å². The number of nitrogens with two attached hydrogens (primary N) is 1. The molecular formula is C8H20N2O. The first-order chi connectivity index (χ1) is 5.07. The first kappa shape index (κ1) is 10.9. The summed E-state index contributed by atoms with van der Waals surface area (Å²) in [6.07, 6.45) is 0. The molecule has 3 heteroatoms. The topological polar surface area (TPSA) is 38.5 Å². The fraction of sp³-hybridized carbons (Fsp3) is 1.00. The van der Waals surface area contributed by atoms with E-state index in [1.165, 1.54) is 0 Å². The third-order valence-corrected chi connectivity index (χ3v) is 1.74. The van der Waals surface area contributed by atoms with Gasteiger partial charge in [0.05, 0.1) is 6.61 Å². The van der Waals surface area contributed by atoms with E-state index in [2.05, 4.69) is 18.9 Å². The molecule has 0 aliphatic heterocycles. The molecule has 0 bridgehead atoms. The molecule has 0 aliphatic rings. The van der Waals surface area contributed by atoms with Crippen LogP contribution in [0.25, 0.3) is 0 Å². The largest absolute Gasteiger partial charge is 0.383 e. The highest BCUT2D eigenvalue weighted by molar-refractivity contribution is 4.66. The lowest BCUT2D eigenvalue weighted by Gasteiger charge is -2.25. The van der Waals surface area contributed by atoms with Crippen LogP contribution in [0.5, 0.6) is 0 Å². The maximum atomic E-state index is 5.64. The summed E-state index contributed by atoms with van der Waals surface area (Å²) in [6.45, 7) is 5.83. The SMILES string of the molecule is COCC(C)N(C)CC(C)N. The van der Waals surface area contributed by atoms with Crippen molar-refractivity contribution in [2.45, 2.75) is 25.9 Å². The second-order valence-electron chi connectivity index (χ2n) is 3.22. The third-order valence-electron chi connectivity index (χ3n) is 1.74. The van der Waals surface area contributed by atoms with E-state index in [0.717, 1.165) is 13.2 Å². The summed E-state index contributed by atoms with van der Waals surface area (Å²) >= 11 is 0. The van der Waals surface area contributed by atoms with Gasteiger partial charge in [0.1, 0.15) is 0 Å². The monoisotopic (exact) mass is 160 g/mol. The Balaban J connectivity index is 3.54. The molecule has 0 aromatic rings. The molecule has 0 saturated heterocycles. The first-order valence-electron chi connectivity index (χ1n) is 4.02. The van der Waals surface area contributed by atoms with Crippen LogP contribution in [0.3, 0.4) is 0 Å². The minimum atomic E-state index is 0.235. The van der Waals surface area contributed by atoms with Gasteiger partial charge in [-0.05, 0) is 20.9 Å². The van der Waals surface area contributed by atoms with Crippen molar-refractivity contribution in [1.82, 2.24) is 4.90 Å². The molecule has 0 aliphatic carbocycles. The Bertz CT molecular complexity index is 96.1. The molecule has 0 radical (unpaired) electrons. The van der Waals surface area contributed by atoms with Crippen LogP contribution in [0.15, 0.2) is 0 Å². The molecule has 2 atom stereocenters. The highest BCUT2D eigenvalue weighted by Gasteiger charge is 2.09. The van der Waals surface area contributed by atoms with E-state index in [4.69, 9.17) is 10.5 Å². The van der Waals surface area contributed by atoms with Crippen LogP contribution in [0, 0.1) is 0 Å². The van der Waals surface area contributed by atoms with Gasteiger partial charge in [-0.1, -0.05) is 0 Å². The second-order valence-corrected chi connectivity index (χ2v) is 3.22. The average Bonchev–Trinajstić information content (AvgIpc) is 1.86. The van der Waals surface area contributed by atoms with Gasteiger partial charge in [0.25, 0.3) is 0 Å². The fourth-order valence-electron chi connectivity index (χ4n) is 1.00. The van der Waals surface area contributed by atoms with Gasteiger partial charge in [0.2, 0.25) is 0 Å². The van der Waals surface area contributed by atoms with E-state index < -0.39 is 0 Å². The predicted octanol–water partition coefficient (Wildman–Crippen LogP) is 0.300. The lowest BCUT2D eigenvalue weighted by Crippen LogP contribution is -2.40. The molecule has 0 fully saturated rings. The Morgan fingerprint density at radius 3 is 2.36 bits per heavy atom. The Kier molecular flexibility index (Phi) is 5.46. The third kappa shape index (κ3) is 5.18. The van der Waals surface area contributed by atoms with Crippen molar-refractivity contribution in [1.29, 1.82) is 0 Å². The van der Waals surface area contributed by atoms with Gasteiger partial charge >= 0.3 is 0 Å². The summed E-state index contributed by atoms with van der Waals surface area (Å²) in [6, 6.07) is 0.685. The minimum Gasteiger partial charge on any atom is -0.383 e. The molecule has 0 heterocycles. The fourth-order valence-corrected chi connectivity index (χ4v) is 1.00. The highest BCUT2D eigenvalue weighted by atomic mass is 16.5. The van der Waals surface area contributed by atoms with Gasteiger partial charge in [-0.2, -0.15) is 0 Å². The molecule has 0 aromatic heterocycles. The van der Waals surface area contributed by atoms with Gasteiger partial charge in [-0.3, -0.25) is 4.90 Å². The first-order valence-corrected chi connectivity index (χ1v) is 4.02. The summed E-state index contributed by atoms with van der Waals surface area (Å²) < 4.78 is 5.02. The molecule has 11 heavy (non-hydrogen) atoms. The molecule has 0 aromatic carbocycles. The zero-order valence-electron chi connectivity index (χ0n) is 8.00. The minimum absolute atomic E-state index is 0.235. The number of methoxy groups -OCH3 is 1. The van der Waals surface area contributed by atoms with Crippen LogP contribution in [0.2, 0.25) is 0 Å². The van der Waals surface area contributed by atoms with Crippen LogP contribution < -0.4 is 5.73 Å². The Labute approximate surface area is 69.5 Å². The van der Waals surface area contributed by atoms with Crippen LogP contribution in [0.4, 0.5) is 0 Å². The van der Waals surface area contributed by atoms with Crippen molar-refractivity contribution in [2.24, 2.45) is 5.73 Å². The Morgan fingerprint density at radius 2 is 2.00 bits per heavy atom. The van der Waals surface area contributed by atoms with E-state index >= 15 is 0 Å². The lowest BCUT2D eigenvalue weighted by molar-refractivity contribution is 0.113. The van der Waals surface area contributed by atoms with Crippen LogP contribution in [0.1, 0.15) is 13.8 Å². The molecule has 0 amide bonds. The van der Waals surface area contributed by atoms with E-state index in [1.807, 2.05) is 6.92 Å². The van der Waals surface area contributed by atoms with E-state index in [9.17, 15) is 0 Å². The molecule has 0 rings (SSSR count). The maximum Gasteiger partial charge on any atom is 0.0615 e. The quantitative estimate of drug-likeness (QED) is 0.628. The second kappa shape index (κ2) is 5.52. The van der Waals surface area contributed by atoms with E-state index in [0.29, 0.717) is 6.04 Å². The number of hydrogen-bond donors (Lipinski definition) is 1.